The number of thioether (sulfide) groups is 1. The van der Waals surface area contributed by atoms with Crippen LogP contribution in [0.3, 0.4) is 0 Å². The van der Waals surface area contributed by atoms with Crippen molar-refractivity contribution < 1.29 is 4.79 Å². The summed E-state index contributed by atoms with van der Waals surface area (Å²) < 4.78 is 2.69. The third-order valence-corrected chi connectivity index (χ3v) is 6.46. The van der Waals surface area contributed by atoms with Crippen molar-refractivity contribution in [2.24, 2.45) is 0 Å². The number of hydrogen-bond acceptors (Lipinski definition) is 6. The van der Waals surface area contributed by atoms with Crippen molar-refractivity contribution in [2.75, 3.05) is 11.4 Å². The predicted octanol–water partition coefficient (Wildman–Crippen LogP) is 4.32. The van der Waals surface area contributed by atoms with Gasteiger partial charge in [0.15, 0.2) is 10.9 Å². The second-order valence-corrected chi connectivity index (χ2v) is 8.79. The van der Waals surface area contributed by atoms with E-state index in [1.807, 2.05) is 42.5 Å². The number of para-hydroxylation sites is 1. The number of anilines is 1. The Hall–Kier alpha value is -3.04. The maximum atomic E-state index is 13.5. The summed E-state index contributed by atoms with van der Waals surface area (Å²) in [5.41, 5.74) is 4.01. The number of aromatic nitrogens is 5. The van der Waals surface area contributed by atoms with E-state index in [1.54, 1.807) is 28.0 Å². The number of fused-ring (bicyclic) bond motifs is 1. The molecule has 5 rings (SSSR count). The first-order valence-electron chi connectivity index (χ1n) is 9.71. The number of carbonyl (C=O) groups is 1. The number of amides is 1. The van der Waals surface area contributed by atoms with Crippen LogP contribution in [0.4, 0.5) is 5.69 Å². The molecule has 2 aromatic heterocycles. The molecule has 0 radical (unpaired) electrons. The maximum Gasteiger partial charge on any atom is 0.280 e. The zero-order valence-electron chi connectivity index (χ0n) is 16.3. The van der Waals surface area contributed by atoms with Gasteiger partial charge in [-0.25, -0.2) is 14.6 Å². The van der Waals surface area contributed by atoms with Crippen LogP contribution in [-0.4, -0.2) is 37.4 Å². The maximum absolute atomic E-state index is 13.5. The molecule has 9 heteroatoms. The molecule has 0 aliphatic carbocycles. The topological polar surface area (TPSA) is 76.8 Å². The molecule has 0 atom stereocenters. The van der Waals surface area contributed by atoms with Gasteiger partial charge in [-0.05, 0) is 48.4 Å². The normalized spacial score (nSPS) is 12.7. The van der Waals surface area contributed by atoms with Crippen LogP contribution in [0.2, 0.25) is 0 Å². The summed E-state index contributed by atoms with van der Waals surface area (Å²) in [4.78, 5) is 23.8. The number of hydrogen-bond donors (Lipinski definition) is 0. The number of rotatable bonds is 5. The Bertz CT molecular complexity index is 1230. The lowest BCUT2D eigenvalue weighted by Gasteiger charge is -2.16. The fourth-order valence-electron chi connectivity index (χ4n) is 3.56. The summed E-state index contributed by atoms with van der Waals surface area (Å²) in [6.07, 6.45) is 4.24. The van der Waals surface area contributed by atoms with Crippen molar-refractivity contribution in [1.82, 2.24) is 25.0 Å². The minimum absolute atomic E-state index is 0.141. The minimum Gasteiger partial charge on any atom is -0.306 e. The molecule has 154 valence electrons. The summed E-state index contributed by atoms with van der Waals surface area (Å²) in [5.74, 6) is 0.321. The van der Waals surface area contributed by atoms with E-state index < -0.39 is 0 Å². The average Bonchev–Trinajstić information content (AvgIpc) is 3.43. The second-order valence-electron chi connectivity index (χ2n) is 6.93. The average molecular weight is 493 g/mol. The van der Waals surface area contributed by atoms with Gasteiger partial charge < -0.3 is 4.90 Å². The van der Waals surface area contributed by atoms with E-state index >= 15 is 0 Å². The molecular formula is C22H17BrN6OS. The third kappa shape index (κ3) is 3.98. The van der Waals surface area contributed by atoms with Crippen LogP contribution in [0, 0.1) is 0 Å². The zero-order valence-corrected chi connectivity index (χ0v) is 18.8. The Morgan fingerprint density at radius 2 is 1.81 bits per heavy atom. The van der Waals surface area contributed by atoms with Gasteiger partial charge in [0, 0.05) is 34.9 Å². The highest BCUT2D eigenvalue weighted by molar-refractivity contribution is 9.10. The van der Waals surface area contributed by atoms with Crippen molar-refractivity contribution in [3.8, 4) is 5.69 Å². The predicted molar refractivity (Wildman–Crippen MR) is 122 cm³/mol. The van der Waals surface area contributed by atoms with Gasteiger partial charge in [0.05, 0.1) is 11.4 Å². The Morgan fingerprint density at radius 3 is 2.61 bits per heavy atom. The van der Waals surface area contributed by atoms with Crippen LogP contribution in [0.1, 0.15) is 21.7 Å². The van der Waals surface area contributed by atoms with Gasteiger partial charge in [-0.3, -0.25) is 4.79 Å². The smallest absolute Gasteiger partial charge is 0.280 e. The van der Waals surface area contributed by atoms with Crippen LogP contribution in [0.5, 0.6) is 0 Å². The monoisotopic (exact) mass is 492 g/mol. The van der Waals surface area contributed by atoms with Gasteiger partial charge in [0.25, 0.3) is 5.91 Å². The molecule has 31 heavy (non-hydrogen) atoms. The molecule has 7 nitrogen and oxygen atoms in total. The summed E-state index contributed by atoms with van der Waals surface area (Å²) >= 11 is 4.91. The lowest BCUT2D eigenvalue weighted by Crippen LogP contribution is -2.30. The molecule has 4 aromatic rings. The van der Waals surface area contributed by atoms with E-state index in [0.29, 0.717) is 28.8 Å². The molecule has 0 fully saturated rings. The van der Waals surface area contributed by atoms with Gasteiger partial charge in [-0.1, -0.05) is 51.1 Å². The first-order valence-corrected chi connectivity index (χ1v) is 11.5. The second kappa shape index (κ2) is 8.60. The van der Waals surface area contributed by atoms with Crippen molar-refractivity contribution >= 4 is 39.3 Å². The van der Waals surface area contributed by atoms with Crippen LogP contribution in [0.15, 0.2) is 76.6 Å². The van der Waals surface area contributed by atoms with Crippen molar-refractivity contribution in [3.05, 3.63) is 88.4 Å². The summed E-state index contributed by atoms with van der Waals surface area (Å²) in [6.45, 7) is 0.637. The molecule has 1 amide bonds. The highest BCUT2D eigenvalue weighted by atomic mass is 79.9. The zero-order chi connectivity index (χ0) is 21.2. The summed E-state index contributed by atoms with van der Waals surface area (Å²) in [5, 5.41) is 9.26. The van der Waals surface area contributed by atoms with Crippen molar-refractivity contribution in [2.45, 2.75) is 17.3 Å². The molecule has 1 aliphatic rings. The number of benzene rings is 2. The molecular weight excluding hydrogens is 476 g/mol. The molecule has 3 heterocycles. The van der Waals surface area contributed by atoms with Gasteiger partial charge in [0.1, 0.15) is 0 Å². The van der Waals surface area contributed by atoms with Gasteiger partial charge in [-0.15, -0.1) is 5.10 Å². The van der Waals surface area contributed by atoms with E-state index in [4.69, 9.17) is 0 Å². The Balaban J connectivity index is 1.52. The van der Waals surface area contributed by atoms with Crippen LogP contribution < -0.4 is 4.90 Å². The standard InChI is InChI=1S/C22H17BrN6OS/c23-16-6-8-17(9-7-16)29-19(14-31-22-24-11-3-12-25-22)20(26-27-29)21(30)28-13-10-15-4-1-2-5-18(15)28/h1-9,11-12H,10,13-14H2. The first kappa shape index (κ1) is 19.9. The van der Waals surface area contributed by atoms with Crippen molar-refractivity contribution in [3.63, 3.8) is 0 Å². The number of nitrogens with zero attached hydrogens (tertiary/aromatic N) is 6. The number of carbonyl (C=O) groups excluding carboxylic acids is 1. The van der Waals surface area contributed by atoms with Crippen LogP contribution in [0.25, 0.3) is 5.69 Å². The van der Waals surface area contributed by atoms with Crippen LogP contribution in [-0.2, 0) is 12.2 Å². The third-order valence-electron chi connectivity index (χ3n) is 5.05. The molecule has 0 saturated heterocycles. The van der Waals surface area contributed by atoms with Gasteiger partial charge in [-0.2, -0.15) is 0 Å². The Labute approximate surface area is 191 Å². The summed E-state index contributed by atoms with van der Waals surface area (Å²) in [7, 11) is 0. The SMILES string of the molecule is O=C(c1nnn(-c2ccc(Br)cc2)c1CSc1ncccn1)N1CCc2ccccc21. The highest BCUT2D eigenvalue weighted by Gasteiger charge is 2.30. The molecule has 0 bridgehead atoms. The van der Waals surface area contributed by atoms with E-state index in [9.17, 15) is 4.79 Å². The minimum atomic E-state index is -0.141. The Morgan fingerprint density at radius 1 is 1.03 bits per heavy atom. The van der Waals surface area contributed by atoms with E-state index in [2.05, 4.69) is 42.3 Å². The summed E-state index contributed by atoms with van der Waals surface area (Å²) in [6, 6.07) is 17.5. The molecule has 0 saturated carbocycles. The quantitative estimate of drug-likeness (QED) is 0.305. The molecule has 2 aromatic carbocycles. The van der Waals surface area contributed by atoms with Gasteiger partial charge >= 0.3 is 0 Å². The van der Waals surface area contributed by atoms with Crippen LogP contribution >= 0.6 is 27.7 Å². The number of halogens is 1. The molecule has 0 N–H and O–H groups in total. The lowest BCUT2D eigenvalue weighted by atomic mass is 10.2. The molecule has 0 spiro atoms. The van der Waals surface area contributed by atoms with E-state index in [-0.39, 0.29) is 5.91 Å². The lowest BCUT2D eigenvalue weighted by molar-refractivity contribution is 0.0984. The van der Waals surface area contributed by atoms with Crippen molar-refractivity contribution in [1.29, 1.82) is 0 Å². The fraction of sp³-hybridized carbons (Fsp3) is 0.136. The largest absolute Gasteiger partial charge is 0.306 e. The molecule has 1 aliphatic heterocycles. The van der Waals surface area contributed by atoms with E-state index in [1.165, 1.54) is 17.3 Å². The fourth-order valence-corrected chi connectivity index (χ4v) is 4.62. The molecule has 0 unspecified atom stereocenters. The highest BCUT2D eigenvalue weighted by Crippen LogP contribution is 2.30. The van der Waals surface area contributed by atoms with E-state index in [0.717, 1.165) is 22.3 Å². The van der Waals surface area contributed by atoms with Gasteiger partial charge in [0.2, 0.25) is 0 Å². The Kier molecular flexibility index (Phi) is 5.52. The first-order chi connectivity index (χ1) is 15.2.